The number of carbonyl (C=O) groups is 1. The monoisotopic (exact) mass is 331 g/mol. The van der Waals surface area contributed by atoms with Gasteiger partial charge in [0, 0.05) is 23.7 Å². The van der Waals surface area contributed by atoms with Crippen LogP contribution in [-0.4, -0.2) is 29.5 Å². The number of nitrogens with zero attached hydrogens (tertiary/aromatic N) is 1. The summed E-state index contributed by atoms with van der Waals surface area (Å²) in [5.74, 6) is -1.00. The molecule has 22 heavy (non-hydrogen) atoms. The maximum absolute atomic E-state index is 13.4. The second-order valence-corrected chi connectivity index (χ2v) is 5.46. The Morgan fingerprint density at radius 2 is 2.09 bits per heavy atom. The SMILES string of the molecule is CC1CCNC(C)C1NC(=O)c1cc(F)cc([N+](=O)[O-])c1.Cl. The predicted octanol–water partition coefficient (Wildman–Crippen LogP) is 2.27. The maximum atomic E-state index is 13.4. The zero-order chi connectivity index (χ0) is 15.6. The van der Waals surface area contributed by atoms with E-state index in [1.807, 2.05) is 13.8 Å². The zero-order valence-corrected chi connectivity index (χ0v) is 13.2. The van der Waals surface area contributed by atoms with E-state index in [1.165, 1.54) is 0 Å². The Kier molecular flexibility index (Phi) is 6.25. The quantitative estimate of drug-likeness (QED) is 0.657. The molecule has 0 spiro atoms. The van der Waals surface area contributed by atoms with Crippen molar-refractivity contribution in [2.45, 2.75) is 32.4 Å². The number of hydrogen-bond donors (Lipinski definition) is 2. The first-order chi connectivity index (χ1) is 9.88. The zero-order valence-electron chi connectivity index (χ0n) is 12.3. The molecule has 1 heterocycles. The minimum Gasteiger partial charge on any atom is -0.347 e. The van der Waals surface area contributed by atoms with Crippen LogP contribution in [0.3, 0.4) is 0 Å². The van der Waals surface area contributed by atoms with Gasteiger partial charge in [0.1, 0.15) is 5.82 Å². The van der Waals surface area contributed by atoms with Crippen LogP contribution in [0.1, 0.15) is 30.6 Å². The fourth-order valence-electron chi connectivity index (χ4n) is 2.65. The molecule has 8 heteroatoms. The van der Waals surface area contributed by atoms with E-state index in [1.54, 1.807) is 0 Å². The lowest BCUT2D eigenvalue weighted by Gasteiger charge is -2.36. The molecule has 2 rings (SSSR count). The third-order valence-electron chi connectivity index (χ3n) is 3.87. The molecular weight excluding hydrogens is 313 g/mol. The maximum Gasteiger partial charge on any atom is 0.273 e. The highest BCUT2D eigenvalue weighted by Crippen LogP contribution is 2.19. The fourth-order valence-corrected chi connectivity index (χ4v) is 2.65. The standard InChI is InChI=1S/C14H18FN3O3.ClH/c1-8-3-4-16-9(2)13(8)17-14(19)10-5-11(15)7-12(6-10)18(20)21;/h5-9,13,16H,3-4H2,1-2H3,(H,17,19);1H. The molecule has 1 fully saturated rings. The molecule has 6 nitrogen and oxygen atoms in total. The number of rotatable bonds is 3. The lowest BCUT2D eigenvalue weighted by Crippen LogP contribution is -2.55. The van der Waals surface area contributed by atoms with E-state index in [0.717, 1.165) is 31.2 Å². The number of nitro benzene ring substituents is 1. The van der Waals surface area contributed by atoms with Crippen molar-refractivity contribution in [1.29, 1.82) is 0 Å². The van der Waals surface area contributed by atoms with Gasteiger partial charge >= 0.3 is 0 Å². The van der Waals surface area contributed by atoms with Gasteiger partial charge in [0.15, 0.2) is 0 Å². The molecule has 1 aliphatic heterocycles. The van der Waals surface area contributed by atoms with Gasteiger partial charge in [-0.1, -0.05) is 6.92 Å². The molecule has 3 unspecified atom stereocenters. The largest absolute Gasteiger partial charge is 0.347 e. The summed E-state index contributed by atoms with van der Waals surface area (Å²) in [6.07, 6.45) is 0.929. The second-order valence-electron chi connectivity index (χ2n) is 5.46. The van der Waals surface area contributed by atoms with Gasteiger partial charge in [-0.05, 0) is 31.9 Å². The number of nitro groups is 1. The van der Waals surface area contributed by atoms with Gasteiger partial charge in [-0.2, -0.15) is 0 Å². The van der Waals surface area contributed by atoms with Crippen molar-refractivity contribution in [2.24, 2.45) is 5.92 Å². The lowest BCUT2D eigenvalue weighted by atomic mass is 9.89. The summed E-state index contributed by atoms with van der Waals surface area (Å²) in [4.78, 5) is 22.2. The molecule has 0 aromatic heterocycles. The summed E-state index contributed by atoms with van der Waals surface area (Å²) in [6.45, 7) is 4.89. The Labute approximate surface area is 134 Å². The molecular formula is C14H19ClFN3O3. The van der Waals surface area contributed by atoms with Crippen molar-refractivity contribution in [1.82, 2.24) is 10.6 Å². The highest BCUT2D eigenvalue weighted by molar-refractivity contribution is 5.95. The summed E-state index contributed by atoms with van der Waals surface area (Å²) in [5, 5.41) is 16.8. The number of hydrogen-bond acceptors (Lipinski definition) is 4. The fraction of sp³-hybridized carbons (Fsp3) is 0.500. The third-order valence-corrected chi connectivity index (χ3v) is 3.87. The molecule has 1 aliphatic rings. The number of amides is 1. The average Bonchev–Trinajstić information content (AvgIpc) is 2.42. The Morgan fingerprint density at radius 1 is 1.41 bits per heavy atom. The summed E-state index contributed by atoms with van der Waals surface area (Å²) in [5.41, 5.74) is -0.463. The van der Waals surface area contributed by atoms with Crippen molar-refractivity contribution < 1.29 is 14.1 Å². The van der Waals surface area contributed by atoms with Crippen LogP contribution < -0.4 is 10.6 Å². The van der Waals surface area contributed by atoms with Gasteiger partial charge in [-0.3, -0.25) is 14.9 Å². The average molecular weight is 332 g/mol. The van der Waals surface area contributed by atoms with Crippen molar-refractivity contribution in [2.75, 3.05) is 6.54 Å². The van der Waals surface area contributed by atoms with E-state index < -0.39 is 22.3 Å². The second kappa shape index (κ2) is 7.51. The molecule has 3 atom stereocenters. The molecule has 1 saturated heterocycles. The minimum absolute atomic E-state index is 0. The predicted molar refractivity (Wildman–Crippen MR) is 82.8 cm³/mol. The van der Waals surface area contributed by atoms with E-state index in [-0.39, 0.29) is 36.0 Å². The van der Waals surface area contributed by atoms with Crippen LogP contribution in [0, 0.1) is 21.8 Å². The molecule has 0 bridgehead atoms. The first kappa shape index (κ1) is 18.3. The van der Waals surface area contributed by atoms with Crippen molar-refractivity contribution in [3.8, 4) is 0 Å². The van der Waals surface area contributed by atoms with E-state index >= 15 is 0 Å². The molecule has 0 aliphatic carbocycles. The van der Waals surface area contributed by atoms with Crippen LogP contribution in [0.4, 0.5) is 10.1 Å². The highest BCUT2D eigenvalue weighted by atomic mass is 35.5. The van der Waals surface area contributed by atoms with Crippen molar-refractivity contribution in [3.05, 3.63) is 39.7 Å². The third kappa shape index (κ3) is 4.14. The normalized spacial score (nSPS) is 24.2. The topological polar surface area (TPSA) is 84.3 Å². The van der Waals surface area contributed by atoms with E-state index in [9.17, 15) is 19.3 Å². The van der Waals surface area contributed by atoms with Crippen LogP contribution in [-0.2, 0) is 0 Å². The van der Waals surface area contributed by atoms with Crippen LogP contribution in [0.15, 0.2) is 18.2 Å². The Bertz CT molecular complexity index is 560. The van der Waals surface area contributed by atoms with E-state index in [0.29, 0.717) is 0 Å². The smallest absolute Gasteiger partial charge is 0.273 e. The number of halogens is 2. The highest BCUT2D eigenvalue weighted by Gasteiger charge is 2.29. The summed E-state index contributed by atoms with van der Waals surface area (Å²) >= 11 is 0. The van der Waals surface area contributed by atoms with Crippen LogP contribution in [0.2, 0.25) is 0 Å². The van der Waals surface area contributed by atoms with Crippen LogP contribution in [0.25, 0.3) is 0 Å². The number of nitrogens with one attached hydrogen (secondary N) is 2. The summed E-state index contributed by atoms with van der Waals surface area (Å²) in [6, 6.07) is 2.90. The number of non-ortho nitro benzene ring substituents is 1. The number of piperidine rings is 1. The molecule has 2 N–H and O–H groups in total. The molecule has 1 amide bonds. The van der Waals surface area contributed by atoms with Crippen LogP contribution >= 0.6 is 12.4 Å². The van der Waals surface area contributed by atoms with E-state index in [4.69, 9.17) is 0 Å². The number of carbonyl (C=O) groups excluding carboxylic acids is 1. The first-order valence-corrected chi connectivity index (χ1v) is 6.87. The molecule has 0 radical (unpaired) electrons. The van der Waals surface area contributed by atoms with Gasteiger partial charge in [-0.15, -0.1) is 12.4 Å². The van der Waals surface area contributed by atoms with Gasteiger partial charge < -0.3 is 10.6 Å². The van der Waals surface area contributed by atoms with E-state index in [2.05, 4.69) is 10.6 Å². The van der Waals surface area contributed by atoms with Gasteiger partial charge in [0.05, 0.1) is 11.0 Å². The van der Waals surface area contributed by atoms with Gasteiger partial charge in [0.2, 0.25) is 0 Å². The first-order valence-electron chi connectivity index (χ1n) is 6.87. The lowest BCUT2D eigenvalue weighted by molar-refractivity contribution is -0.385. The molecule has 1 aromatic rings. The minimum atomic E-state index is -0.794. The van der Waals surface area contributed by atoms with Crippen LogP contribution in [0.5, 0.6) is 0 Å². The molecule has 122 valence electrons. The Morgan fingerprint density at radius 3 is 2.68 bits per heavy atom. The van der Waals surface area contributed by atoms with Crippen molar-refractivity contribution in [3.63, 3.8) is 0 Å². The number of benzene rings is 1. The van der Waals surface area contributed by atoms with Gasteiger partial charge in [-0.25, -0.2) is 4.39 Å². The Balaban J connectivity index is 0.00000242. The van der Waals surface area contributed by atoms with Crippen molar-refractivity contribution >= 4 is 24.0 Å². The summed E-state index contributed by atoms with van der Waals surface area (Å²) < 4.78 is 13.4. The Hall–Kier alpha value is -1.73. The van der Waals surface area contributed by atoms with Gasteiger partial charge in [0.25, 0.3) is 11.6 Å². The summed E-state index contributed by atoms with van der Waals surface area (Å²) in [7, 11) is 0. The molecule has 0 saturated carbocycles. The molecule has 1 aromatic carbocycles.